The zero-order chi connectivity index (χ0) is 13.0. The van der Waals surface area contributed by atoms with Crippen LogP contribution in [0.25, 0.3) is 0 Å². The number of piperidine rings is 1. The second kappa shape index (κ2) is 5.96. The van der Waals surface area contributed by atoms with E-state index in [4.69, 9.17) is 4.84 Å². The molecule has 0 N–H and O–H groups in total. The summed E-state index contributed by atoms with van der Waals surface area (Å²) in [5, 5.41) is 1.73. The van der Waals surface area contributed by atoms with Crippen LogP contribution in [0.4, 0.5) is 4.39 Å². The van der Waals surface area contributed by atoms with E-state index in [0.29, 0.717) is 5.92 Å². The van der Waals surface area contributed by atoms with E-state index >= 15 is 0 Å². The number of nitrogens with zero attached hydrogens (tertiary/aromatic N) is 1. The Morgan fingerprint density at radius 2 is 1.94 bits per heavy atom. The Morgan fingerprint density at radius 1 is 1.33 bits per heavy atom. The third-order valence-electron chi connectivity index (χ3n) is 3.27. The Hall–Kier alpha value is -1.42. The molecule has 18 heavy (non-hydrogen) atoms. The summed E-state index contributed by atoms with van der Waals surface area (Å²) in [6, 6.07) is 6.69. The van der Waals surface area contributed by atoms with Gasteiger partial charge in [0.05, 0.1) is 0 Å². The topological polar surface area (TPSA) is 29.5 Å². The van der Waals surface area contributed by atoms with Crippen molar-refractivity contribution in [3.05, 3.63) is 35.6 Å². The highest BCUT2D eigenvalue weighted by molar-refractivity contribution is 5.65. The second-order valence-corrected chi connectivity index (χ2v) is 4.79. The number of rotatable bonds is 3. The summed E-state index contributed by atoms with van der Waals surface area (Å²) in [5.74, 6) is 0.137. The quantitative estimate of drug-likeness (QED) is 0.827. The highest BCUT2D eigenvalue weighted by atomic mass is 19.1. The van der Waals surface area contributed by atoms with Crippen molar-refractivity contribution in [3.63, 3.8) is 0 Å². The molecule has 0 unspecified atom stereocenters. The van der Waals surface area contributed by atoms with E-state index in [2.05, 4.69) is 0 Å². The average molecular weight is 251 g/mol. The van der Waals surface area contributed by atoms with Crippen molar-refractivity contribution in [2.24, 2.45) is 5.92 Å². The zero-order valence-corrected chi connectivity index (χ0v) is 10.6. The Morgan fingerprint density at radius 3 is 2.50 bits per heavy atom. The smallest absolute Gasteiger partial charge is 0.322 e. The molecular weight excluding hydrogens is 233 g/mol. The molecule has 0 aromatic heterocycles. The molecule has 4 heteroatoms. The van der Waals surface area contributed by atoms with E-state index in [9.17, 15) is 9.18 Å². The summed E-state index contributed by atoms with van der Waals surface area (Å²) in [5.41, 5.74) is 1.17. The molecule has 1 aromatic rings. The van der Waals surface area contributed by atoms with Crippen molar-refractivity contribution in [1.82, 2.24) is 5.06 Å². The average Bonchev–Trinajstić information content (AvgIpc) is 2.34. The first-order valence-electron chi connectivity index (χ1n) is 6.31. The Labute approximate surface area is 106 Å². The molecule has 0 bridgehead atoms. The minimum absolute atomic E-state index is 0.191. The van der Waals surface area contributed by atoms with Crippen molar-refractivity contribution in [3.8, 4) is 0 Å². The maximum atomic E-state index is 12.8. The SMILES string of the molecule is CC(=O)ON1CCC(Cc2ccc(F)cc2)CC1. The lowest BCUT2D eigenvalue weighted by Crippen LogP contribution is -2.35. The van der Waals surface area contributed by atoms with E-state index in [1.165, 1.54) is 24.6 Å². The summed E-state index contributed by atoms with van der Waals surface area (Å²) < 4.78 is 12.8. The van der Waals surface area contributed by atoms with Gasteiger partial charge in [0.2, 0.25) is 0 Å². The van der Waals surface area contributed by atoms with E-state index in [0.717, 1.165) is 32.4 Å². The molecule has 0 aliphatic carbocycles. The largest absolute Gasteiger partial charge is 0.368 e. The molecule has 98 valence electrons. The number of carbonyl (C=O) groups excluding carboxylic acids is 1. The first kappa shape index (κ1) is 13.0. The molecule has 0 amide bonds. The summed E-state index contributed by atoms with van der Waals surface area (Å²) in [6.07, 6.45) is 2.98. The van der Waals surface area contributed by atoms with Gasteiger partial charge >= 0.3 is 5.97 Å². The summed E-state index contributed by atoms with van der Waals surface area (Å²) >= 11 is 0. The normalized spacial score (nSPS) is 17.7. The summed E-state index contributed by atoms with van der Waals surface area (Å²) in [4.78, 5) is 15.9. The zero-order valence-electron chi connectivity index (χ0n) is 10.6. The van der Waals surface area contributed by atoms with Gasteiger partial charge in [0.25, 0.3) is 0 Å². The molecule has 3 nitrogen and oxygen atoms in total. The molecular formula is C14H18FNO2. The Balaban J connectivity index is 1.79. The number of halogens is 1. The lowest BCUT2D eigenvalue weighted by molar-refractivity contribution is -0.193. The number of hydroxylamine groups is 2. The first-order chi connectivity index (χ1) is 8.63. The van der Waals surface area contributed by atoms with Crippen molar-refractivity contribution >= 4 is 5.97 Å². The predicted octanol–water partition coefficient (Wildman–Crippen LogP) is 2.56. The number of carbonyl (C=O) groups is 1. The maximum Gasteiger partial charge on any atom is 0.322 e. The van der Waals surface area contributed by atoms with Crippen molar-refractivity contribution in [2.45, 2.75) is 26.2 Å². The van der Waals surface area contributed by atoms with Crippen molar-refractivity contribution in [2.75, 3.05) is 13.1 Å². The van der Waals surface area contributed by atoms with Crippen LogP contribution in [0.15, 0.2) is 24.3 Å². The fourth-order valence-corrected chi connectivity index (χ4v) is 2.34. The van der Waals surface area contributed by atoms with Crippen LogP contribution in [-0.4, -0.2) is 24.1 Å². The maximum absolute atomic E-state index is 12.8. The van der Waals surface area contributed by atoms with E-state index in [-0.39, 0.29) is 11.8 Å². The second-order valence-electron chi connectivity index (χ2n) is 4.79. The lowest BCUT2D eigenvalue weighted by Gasteiger charge is -2.30. The number of hydrogen-bond donors (Lipinski definition) is 0. The minimum atomic E-state index is -0.257. The van der Waals surface area contributed by atoms with Gasteiger partial charge in [-0.25, -0.2) is 4.39 Å². The Kier molecular flexibility index (Phi) is 4.31. The Bertz CT molecular complexity index is 397. The fourth-order valence-electron chi connectivity index (χ4n) is 2.34. The van der Waals surface area contributed by atoms with Gasteiger partial charge < -0.3 is 4.84 Å². The first-order valence-corrected chi connectivity index (χ1v) is 6.31. The van der Waals surface area contributed by atoms with Crippen LogP contribution in [-0.2, 0) is 16.1 Å². The van der Waals surface area contributed by atoms with Crippen LogP contribution >= 0.6 is 0 Å². The molecule has 0 atom stereocenters. The van der Waals surface area contributed by atoms with E-state index in [1.54, 1.807) is 5.06 Å². The molecule has 1 aliphatic heterocycles. The molecule has 0 radical (unpaired) electrons. The standard InChI is InChI=1S/C14H18FNO2/c1-11(17)18-16-8-6-13(7-9-16)10-12-2-4-14(15)5-3-12/h2-5,13H,6-10H2,1H3. The van der Waals surface area contributed by atoms with Gasteiger partial charge in [0, 0.05) is 20.0 Å². The van der Waals surface area contributed by atoms with Crippen LogP contribution in [0.1, 0.15) is 25.3 Å². The summed E-state index contributed by atoms with van der Waals surface area (Å²) in [7, 11) is 0. The molecule has 1 heterocycles. The van der Waals surface area contributed by atoms with E-state index in [1.807, 2.05) is 12.1 Å². The lowest BCUT2D eigenvalue weighted by atomic mass is 9.91. The van der Waals surface area contributed by atoms with Crippen LogP contribution in [0.5, 0.6) is 0 Å². The predicted molar refractivity (Wildman–Crippen MR) is 66.2 cm³/mol. The highest BCUT2D eigenvalue weighted by Crippen LogP contribution is 2.21. The molecule has 0 saturated carbocycles. The number of benzene rings is 1. The van der Waals surface area contributed by atoms with Gasteiger partial charge in [0.15, 0.2) is 0 Å². The van der Waals surface area contributed by atoms with Gasteiger partial charge in [-0.1, -0.05) is 12.1 Å². The fraction of sp³-hybridized carbons (Fsp3) is 0.500. The van der Waals surface area contributed by atoms with Gasteiger partial charge in [-0.2, -0.15) is 0 Å². The molecule has 2 rings (SSSR count). The highest BCUT2D eigenvalue weighted by Gasteiger charge is 2.21. The monoisotopic (exact) mass is 251 g/mol. The van der Waals surface area contributed by atoms with Gasteiger partial charge in [0.1, 0.15) is 5.82 Å². The number of hydrogen-bond acceptors (Lipinski definition) is 3. The third-order valence-corrected chi connectivity index (χ3v) is 3.27. The van der Waals surface area contributed by atoms with Crippen LogP contribution < -0.4 is 0 Å². The minimum Gasteiger partial charge on any atom is -0.368 e. The van der Waals surface area contributed by atoms with Crippen LogP contribution in [0.2, 0.25) is 0 Å². The molecule has 1 saturated heterocycles. The van der Waals surface area contributed by atoms with Crippen LogP contribution in [0, 0.1) is 11.7 Å². The van der Waals surface area contributed by atoms with Gasteiger partial charge in [-0.15, -0.1) is 5.06 Å². The molecule has 1 aromatic carbocycles. The van der Waals surface area contributed by atoms with Gasteiger partial charge in [-0.05, 0) is 42.9 Å². The van der Waals surface area contributed by atoms with Gasteiger partial charge in [-0.3, -0.25) is 4.79 Å². The van der Waals surface area contributed by atoms with E-state index < -0.39 is 0 Å². The third kappa shape index (κ3) is 3.81. The van der Waals surface area contributed by atoms with Crippen molar-refractivity contribution < 1.29 is 14.0 Å². The molecule has 1 aliphatic rings. The molecule has 0 spiro atoms. The van der Waals surface area contributed by atoms with Crippen LogP contribution in [0.3, 0.4) is 0 Å². The molecule has 1 fully saturated rings. The summed E-state index contributed by atoms with van der Waals surface area (Å²) in [6.45, 7) is 2.99. The van der Waals surface area contributed by atoms with Crippen molar-refractivity contribution in [1.29, 1.82) is 0 Å².